The fourth-order valence-electron chi connectivity index (χ4n) is 2.14. The Morgan fingerprint density at radius 2 is 2.35 bits per heavy atom. The number of hydrogen-bond donors (Lipinski definition) is 2. The Labute approximate surface area is 133 Å². The first-order valence-electron chi connectivity index (χ1n) is 7.49. The molecule has 23 heavy (non-hydrogen) atoms. The minimum absolute atomic E-state index is 0.0237. The van der Waals surface area contributed by atoms with Crippen LogP contribution in [0.5, 0.6) is 5.75 Å². The van der Waals surface area contributed by atoms with Crippen LogP contribution in [-0.2, 0) is 0 Å². The molecule has 7 heteroatoms. The van der Waals surface area contributed by atoms with Gasteiger partial charge in [-0.1, -0.05) is 11.8 Å². The smallest absolute Gasteiger partial charge is 0.407 e. The molecular formula is C16H19FN2O4. The maximum atomic E-state index is 13.6. The van der Waals surface area contributed by atoms with Crippen LogP contribution in [0.1, 0.15) is 31.2 Å². The zero-order valence-corrected chi connectivity index (χ0v) is 12.7. The largest absolute Gasteiger partial charge is 0.487 e. The molecule has 1 fully saturated rings. The third-order valence-electron chi connectivity index (χ3n) is 3.57. The number of aromatic nitrogens is 1. The van der Waals surface area contributed by atoms with E-state index in [0.29, 0.717) is 31.4 Å². The van der Waals surface area contributed by atoms with E-state index < -0.39 is 12.0 Å². The van der Waals surface area contributed by atoms with Gasteiger partial charge in [-0.25, -0.2) is 9.78 Å². The molecular weight excluding hydrogens is 303 g/mol. The van der Waals surface area contributed by atoms with E-state index in [9.17, 15) is 9.18 Å². The summed E-state index contributed by atoms with van der Waals surface area (Å²) in [6.45, 7) is 0.716. The van der Waals surface area contributed by atoms with Gasteiger partial charge in [0.25, 0.3) is 5.95 Å². The van der Waals surface area contributed by atoms with E-state index in [1.807, 2.05) is 0 Å². The highest BCUT2D eigenvalue weighted by molar-refractivity contribution is 5.66. The molecule has 124 valence electrons. The van der Waals surface area contributed by atoms with Gasteiger partial charge in [0.15, 0.2) is 5.75 Å². The van der Waals surface area contributed by atoms with Gasteiger partial charge in [-0.3, -0.25) is 0 Å². The van der Waals surface area contributed by atoms with Gasteiger partial charge in [0.05, 0.1) is 6.04 Å². The van der Waals surface area contributed by atoms with Gasteiger partial charge in [0.2, 0.25) is 0 Å². The summed E-state index contributed by atoms with van der Waals surface area (Å²) in [5, 5.41) is 17.6. The Morgan fingerprint density at radius 1 is 1.52 bits per heavy atom. The monoisotopic (exact) mass is 322 g/mol. The van der Waals surface area contributed by atoms with Crippen molar-refractivity contribution in [2.75, 3.05) is 19.8 Å². The van der Waals surface area contributed by atoms with Gasteiger partial charge < -0.3 is 19.8 Å². The van der Waals surface area contributed by atoms with Crippen molar-refractivity contribution in [1.82, 2.24) is 9.88 Å². The maximum absolute atomic E-state index is 13.6. The van der Waals surface area contributed by atoms with E-state index in [2.05, 4.69) is 16.8 Å². The van der Waals surface area contributed by atoms with E-state index >= 15 is 0 Å². The Kier molecular flexibility index (Phi) is 6.18. The lowest BCUT2D eigenvalue weighted by molar-refractivity contribution is 0.0489. The summed E-state index contributed by atoms with van der Waals surface area (Å²) in [7, 11) is 0. The number of unbranched alkanes of at least 4 members (excludes halogenated alkanes) is 2. The van der Waals surface area contributed by atoms with Crippen molar-refractivity contribution >= 4 is 6.09 Å². The predicted molar refractivity (Wildman–Crippen MR) is 80.6 cm³/mol. The molecule has 1 amide bonds. The molecule has 1 unspecified atom stereocenters. The third kappa shape index (κ3) is 4.83. The van der Waals surface area contributed by atoms with Crippen molar-refractivity contribution in [3.63, 3.8) is 0 Å². The molecule has 0 saturated carbocycles. The zero-order valence-electron chi connectivity index (χ0n) is 12.7. The van der Waals surface area contributed by atoms with E-state index in [-0.39, 0.29) is 25.0 Å². The van der Waals surface area contributed by atoms with Crippen LogP contribution in [0.4, 0.5) is 9.18 Å². The molecule has 1 aliphatic rings. The molecule has 1 aromatic rings. The molecule has 2 rings (SSSR count). The van der Waals surface area contributed by atoms with E-state index in [0.717, 1.165) is 6.42 Å². The number of carbonyl (C=O) groups is 1. The summed E-state index contributed by atoms with van der Waals surface area (Å²) in [5.41, 5.74) is 0.536. The summed E-state index contributed by atoms with van der Waals surface area (Å²) in [5.74, 6) is 5.03. The second kappa shape index (κ2) is 8.34. The number of likely N-dealkylation sites (tertiary alicyclic amines) is 1. The maximum Gasteiger partial charge on any atom is 0.407 e. The highest BCUT2D eigenvalue weighted by Gasteiger charge is 2.32. The SMILES string of the molecule is O=C(O)N1CCC1COc1cc(C#CCCCCO)cnc1F. The van der Waals surface area contributed by atoms with Crippen LogP contribution in [0.3, 0.4) is 0 Å². The van der Waals surface area contributed by atoms with E-state index in [4.69, 9.17) is 14.9 Å². The number of aliphatic hydroxyl groups excluding tert-OH is 1. The number of carboxylic acid groups (broad SMARTS) is 1. The van der Waals surface area contributed by atoms with Crippen LogP contribution >= 0.6 is 0 Å². The molecule has 6 nitrogen and oxygen atoms in total. The second-order valence-electron chi connectivity index (χ2n) is 5.22. The number of ether oxygens (including phenoxy) is 1. The van der Waals surface area contributed by atoms with E-state index in [1.165, 1.54) is 17.2 Å². The lowest BCUT2D eigenvalue weighted by Crippen LogP contribution is -2.53. The van der Waals surface area contributed by atoms with Gasteiger partial charge in [-0.05, 0) is 19.3 Å². The lowest BCUT2D eigenvalue weighted by atomic mass is 10.1. The van der Waals surface area contributed by atoms with Gasteiger partial charge in [0, 0.05) is 37.4 Å². The number of nitrogens with zero attached hydrogens (tertiary/aromatic N) is 2. The van der Waals surface area contributed by atoms with Crippen molar-refractivity contribution in [2.24, 2.45) is 0 Å². The normalized spacial score (nSPS) is 16.3. The third-order valence-corrected chi connectivity index (χ3v) is 3.57. The van der Waals surface area contributed by atoms with Crippen molar-refractivity contribution in [1.29, 1.82) is 0 Å². The molecule has 1 aromatic heterocycles. The van der Waals surface area contributed by atoms with Crippen LogP contribution in [-0.4, -0.2) is 52.0 Å². The quantitative estimate of drug-likeness (QED) is 0.474. The number of halogens is 1. The van der Waals surface area contributed by atoms with Crippen molar-refractivity contribution in [3.05, 3.63) is 23.8 Å². The Hall–Kier alpha value is -2.33. The lowest BCUT2D eigenvalue weighted by Gasteiger charge is -2.38. The van der Waals surface area contributed by atoms with E-state index in [1.54, 1.807) is 0 Å². The summed E-state index contributed by atoms with van der Waals surface area (Å²) in [6.07, 6.45) is 3.18. The highest BCUT2D eigenvalue weighted by Crippen LogP contribution is 2.21. The first-order chi connectivity index (χ1) is 11.1. The molecule has 0 aromatic carbocycles. The number of amides is 1. The van der Waals surface area contributed by atoms with Crippen LogP contribution in [0, 0.1) is 17.8 Å². The molecule has 0 aliphatic carbocycles. The second-order valence-corrected chi connectivity index (χ2v) is 5.22. The number of aliphatic hydroxyl groups is 1. The molecule has 2 N–H and O–H groups in total. The van der Waals surface area contributed by atoms with Crippen molar-refractivity contribution in [3.8, 4) is 17.6 Å². The van der Waals surface area contributed by atoms with Crippen molar-refractivity contribution in [2.45, 2.75) is 31.7 Å². The fourth-order valence-corrected chi connectivity index (χ4v) is 2.14. The molecule has 0 bridgehead atoms. The molecule has 1 atom stereocenters. The van der Waals surface area contributed by atoms with Crippen LogP contribution in [0.25, 0.3) is 0 Å². The minimum atomic E-state index is -0.994. The molecule has 0 spiro atoms. The Bertz CT molecular complexity index is 612. The van der Waals surface area contributed by atoms with Crippen molar-refractivity contribution < 1.29 is 24.1 Å². The first kappa shape index (κ1) is 17.0. The predicted octanol–water partition coefficient (Wildman–Crippen LogP) is 1.87. The van der Waals surface area contributed by atoms with Crippen LogP contribution < -0.4 is 4.74 Å². The van der Waals surface area contributed by atoms with Crippen LogP contribution in [0.2, 0.25) is 0 Å². The molecule has 2 heterocycles. The topological polar surface area (TPSA) is 82.9 Å². The highest BCUT2D eigenvalue weighted by atomic mass is 19.1. The van der Waals surface area contributed by atoms with Gasteiger partial charge >= 0.3 is 6.09 Å². The van der Waals surface area contributed by atoms with Gasteiger partial charge in [-0.2, -0.15) is 4.39 Å². The molecule has 1 aliphatic heterocycles. The fraction of sp³-hybridized carbons (Fsp3) is 0.500. The molecule has 1 saturated heterocycles. The standard InChI is InChI=1S/C16H19FN2O4/c17-15-14(23-11-13-6-7-19(13)16(21)22)9-12(10-18-15)5-3-1-2-4-8-20/h9-10,13,20H,1-2,4,6-8,11H2,(H,21,22). The molecule has 0 radical (unpaired) electrons. The van der Waals surface area contributed by atoms with Gasteiger partial charge in [-0.15, -0.1) is 0 Å². The Morgan fingerprint density at radius 3 is 3.00 bits per heavy atom. The summed E-state index contributed by atoms with van der Waals surface area (Å²) in [6, 6.07) is 1.21. The summed E-state index contributed by atoms with van der Waals surface area (Å²) >= 11 is 0. The van der Waals surface area contributed by atoms with Crippen LogP contribution in [0.15, 0.2) is 12.3 Å². The number of pyridine rings is 1. The number of rotatable bonds is 6. The minimum Gasteiger partial charge on any atom is -0.487 e. The zero-order chi connectivity index (χ0) is 16.7. The summed E-state index contributed by atoms with van der Waals surface area (Å²) < 4.78 is 19.0. The summed E-state index contributed by atoms with van der Waals surface area (Å²) in [4.78, 5) is 15.7. The number of hydrogen-bond acceptors (Lipinski definition) is 4. The average molecular weight is 322 g/mol. The first-order valence-corrected chi connectivity index (χ1v) is 7.49. The Balaban J connectivity index is 1.91. The van der Waals surface area contributed by atoms with Gasteiger partial charge in [0.1, 0.15) is 6.61 Å². The average Bonchev–Trinajstić information content (AvgIpc) is 2.48.